The number of carbonyl (C=O) groups is 1. The van der Waals surface area contributed by atoms with Crippen molar-refractivity contribution in [2.45, 2.75) is 33.4 Å². The molecule has 3 heterocycles. The second kappa shape index (κ2) is 7.66. The van der Waals surface area contributed by atoms with Gasteiger partial charge in [-0.1, -0.05) is 30.3 Å². The van der Waals surface area contributed by atoms with E-state index in [0.29, 0.717) is 17.7 Å². The lowest BCUT2D eigenvalue weighted by Crippen LogP contribution is -2.39. The Morgan fingerprint density at radius 3 is 2.57 bits per heavy atom. The molecule has 9 nitrogen and oxygen atoms in total. The molecule has 0 aliphatic rings. The molecule has 0 aliphatic heterocycles. The van der Waals surface area contributed by atoms with Gasteiger partial charge in [-0.05, 0) is 25.8 Å². The Labute approximate surface area is 171 Å². The van der Waals surface area contributed by atoms with Crippen LogP contribution in [0.4, 0.5) is 0 Å². The molecule has 0 radical (unpaired) electrons. The summed E-state index contributed by atoms with van der Waals surface area (Å²) in [6, 6.07) is 9.70. The normalized spacial score (nSPS) is 11.4. The first-order valence-corrected chi connectivity index (χ1v) is 9.79. The topological polar surface area (TPSA) is 92.5 Å². The zero-order chi connectivity index (χ0) is 21.4. The van der Waals surface area contributed by atoms with E-state index in [0.717, 1.165) is 11.3 Å². The van der Waals surface area contributed by atoms with Gasteiger partial charge in [-0.25, -0.2) is 4.79 Å². The summed E-state index contributed by atoms with van der Waals surface area (Å²) in [4.78, 5) is 42.5. The molecule has 3 aromatic heterocycles. The highest BCUT2D eigenvalue weighted by Crippen LogP contribution is 2.16. The predicted octanol–water partition coefficient (Wildman–Crippen LogP) is 1.26. The number of aromatic nitrogens is 5. The summed E-state index contributed by atoms with van der Waals surface area (Å²) in [6.07, 6.45) is 2.31. The standard InChI is InChI=1S/C21H23N5O4/c1-4-30-16(27)13-25-14(2)12-26-17-18(22-20(25)26)23(3)21(29)24(19(17)28)11-10-15-8-6-5-7-9-15/h5-9,12H,4,10-11,13H2,1-3H3. The molecule has 9 heteroatoms. The number of esters is 1. The lowest BCUT2D eigenvalue weighted by molar-refractivity contribution is -0.143. The fourth-order valence-corrected chi connectivity index (χ4v) is 3.67. The Bertz CT molecular complexity index is 1360. The van der Waals surface area contributed by atoms with Crippen molar-refractivity contribution in [3.63, 3.8) is 0 Å². The SMILES string of the molecule is CCOC(=O)Cn1c(C)cn2c3c(=O)n(CCc4ccccc4)c(=O)n(C)c3nc12. The largest absolute Gasteiger partial charge is 0.465 e. The van der Waals surface area contributed by atoms with Crippen molar-refractivity contribution in [3.05, 3.63) is 68.6 Å². The zero-order valence-corrected chi connectivity index (χ0v) is 17.2. The smallest absolute Gasteiger partial charge is 0.332 e. The van der Waals surface area contributed by atoms with Crippen LogP contribution in [0.1, 0.15) is 18.2 Å². The molecule has 0 atom stereocenters. The van der Waals surface area contributed by atoms with E-state index >= 15 is 0 Å². The Hall–Kier alpha value is -3.62. The van der Waals surface area contributed by atoms with Crippen molar-refractivity contribution < 1.29 is 9.53 Å². The molecular formula is C21H23N5O4. The van der Waals surface area contributed by atoms with E-state index in [4.69, 9.17) is 4.74 Å². The summed E-state index contributed by atoms with van der Waals surface area (Å²) in [5.74, 6) is 0.0309. The van der Waals surface area contributed by atoms with Crippen molar-refractivity contribution in [1.29, 1.82) is 0 Å². The molecule has 0 fully saturated rings. The van der Waals surface area contributed by atoms with E-state index in [-0.39, 0.29) is 31.3 Å². The zero-order valence-electron chi connectivity index (χ0n) is 17.2. The van der Waals surface area contributed by atoms with Gasteiger partial charge in [0.2, 0.25) is 5.78 Å². The number of rotatable bonds is 6. The first kappa shape index (κ1) is 19.7. The molecule has 30 heavy (non-hydrogen) atoms. The molecule has 1 aromatic carbocycles. The maximum atomic E-state index is 13.2. The van der Waals surface area contributed by atoms with E-state index in [1.807, 2.05) is 37.3 Å². The fourth-order valence-electron chi connectivity index (χ4n) is 3.67. The molecule has 4 aromatic rings. The maximum absolute atomic E-state index is 13.2. The average Bonchev–Trinajstić information content (AvgIpc) is 3.23. The minimum absolute atomic E-state index is 0.0182. The van der Waals surface area contributed by atoms with Gasteiger partial charge in [0.05, 0.1) is 6.61 Å². The number of fused-ring (bicyclic) bond motifs is 3. The molecule has 0 unspecified atom stereocenters. The van der Waals surface area contributed by atoms with Gasteiger partial charge in [0.15, 0.2) is 11.2 Å². The van der Waals surface area contributed by atoms with Crippen molar-refractivity contribution >= 4 is 22.9 Å². The highest BCUT2D eigenvalue weighted by Gasteiger charge is 2.21. The van der Waals surface area contributed by atoms with Gasteiger partial charge in [0, 0.05) is 25.5 Å². The number of nitrogens with zero attached hydrogens (tertiary/aromatic N) is 5. The van der Waals surface area contributed by atoms with Crippen LogP contribution in [0.5, 0.6) is 0 Å². The summed E-state index contributed by atoms with van der Waals surface area (Å²) in [7, 11) is 1.60. The first-order chi connectivity index (χ1) is 14.4. The predicted molar refractivity (Wildman–Crippen MR) is 112 cm³/mol. The van der Waals surface area contributed by atoms with E-state index in [9.17, 15) is 14.4 Å². The number of hydrogen-bond acceptors (Lipinski definition) is 5. The monoisotopic (exact) mass is 409 g/mol. The summed E-state index contributed by atoms with van der Waals surface area (Å²) in [5, 5.41) is 0. The van der Waals surface area contributed by atoms with E-state index in [1.54, 1.807) is 29.1 Å². The van der Waals surface area contributed by atoms with Gasteiger partial charge in [-0.15, -0.1) is 0 Å². The third-order valence-electron chi connectivity index (χ3n) is 5.20. The highest BCUT2D eigenvalue weighted by atomic mass is 16.5. The molecule has 0 aliphatic carbocycles. The first-order valence-electron chi connectivity index (χ1n) is 9.79. The molecule has 0 saturated carbocycles. The van der Waals surface area contributed by atoms with Crippen LogP contribution in [-0.4, -0.2) is 35.7 Å². The number of carbonyl (C=O) groups excluding carboxylic acids is 1. The molecule has 4 rings (SSSR count). The average molecular weight is 409 g/mol. The third kappa shape index (κ3) is 3.22. The fraction of sp³-hybridized carbons (Fsp3) is 0.333. The summed E-state index contributed by atoms with van der Waals surface area (Å²) in [5.41, 5.74) is 1.58. The summed E-state index contributed by atoms with van der Waals surface area (Å²) < 4.78 is 11.0. The van der Waals surface area contributed by atoms with Crippen LogP contribution in [0.2, 0.25) is 0 Å². The van der Waals surface area contributed by atoms with Crippen LogP contribution < -0.4 is 11.2 Å². The van der Waals surface area contributed by atoms with Gasteiger partial charge < -0.3 is 9.30 Å². The van der Waals surface area contributed by atoms with Crippen molar-refractivity contribution in [3.8, 4) is 0 Å². The van der Waals surface area contributed by atoms with E-state index in [1.165, 1.54) is 9.13 Å². The number of aryl methyl sites for hydroxylation is 3. The van der Waals surface area contributed by atoms with Crippen LogP contribution in [0, 0.1) is 6.92 Å². The second-order valence-corrected chi connectivity index (χ2v) is 7.15. The lowest BCUT2D eigenvalue weighted by atomic mass is 10.1. The van der Waals surface area contributed by atoms with Gasteiger partial charge in [0.25, 0.3) is 5.56 Å². The Morgan fingerprint density at radius 1 is 1.13 bits per heavy atom. The van der Waals surface area contributed by atoms with Gasteiger partial charge in [0.1, 0.15) is 6.54 Å². The van der Waals surface area contributed by atoms with Crippen LogP contribution in [-0.2, 0) is 36.1 Å². The van der Waals surface area contributed by atoms with Gasteiger partial charge in [-0.3, -0.25) is 23.1 Å². The number of imidazole rings is 2. The molecule has 0 saturated heterocycles. The summed E-state index contributed by atoms with van der Waals surface area (Å²) in [6.45, 7) is 4.10. The molecule has 0 bridgehead atoms. The highest BCUT2D eigenvalue weighted by molar-refractivity contribution is 5.77. The van der Waals surface area contributed by atoms with Crippen molar-refractivity contribution in [2.75, 3.05) is 6.61 Å². The maximum Gasteiger partial charge on any atom is 0.332 e. The lowest BCUT2D eigenvalue weighted by Gasteiger charge is -2.08. The molecule has 156 valence electrons. The summed E-state index contributed by atoms with van der Waals surface area (Å²) >= 11 is 0. The Balaban J connectivity index is 1.84. The van der Waals surface area contributed by atoms with Crippen LogP contribution >= 0.6 is 0 Å². The number of hydrogen-bond donors (Lipinski definition) is 0. The molecule has 0 spiro atoms. The number of ether oxygens (including phenoxy) is 1. The molecular weight excluding hydrogens is 386 g/mol. The van der Waals surface area contributed by atoms with E-state index < -0.39 is 11.2 Å². The Morgan fingerprint density at radius 2 is 1.87 bits per heavy atom. The molecule has 0 N–H and O–H groups in total. The Kier molecular flexibility index (Phi) is 5.03. The third-order valence-corrected chi connectivity index (χ3v) is 5.20. The minimum Gasteiger partial charge on any atom is -0.465 e. The molecule has 0 amide bonds. The number of benzene rings is 1. The van der Waals surface area contributed by atoms with Crippen molar-refractivity contribution in [1.82, 2.24) is 23.1 Å². The van der Waals surface area contributed by atoms with Crippen molar-refractivity contribution in [2.24, 2.45) is 7.05 Å². The quantitative estimate of drug-likeness (QED) is 0.447. The minimum atomic E-state index is -0.419. The van der Waals surface area contributed by atoms with E-state index in [2.05, 4.69) is 4.98 Å². The van der Waals surface area contributed by atoms with Gasteiger partial charge in [-0.2, -0.15) is 4.98 Å². The van der Waals surface area contributed by atoms with Gasteiger partial charge >= 0.3 is 11.7 Å². The van der Waals surface area contributed by atoms with Crippen LogP contribution in [0.25, 0.3) is 16.9 Å². The van der Waals surface area contributed by atoms with Crippen LogP contribution in [0.3, 0.4) is 0 Å². The van der Waals surface area contributed by atoms with Crippen LogP contribution in [0.15, 0.2) is 46.1 Å². The second-order valence-electron chi connectivity index (χ2n) is 7.15.